The quantitative estimate of drug-likeness (QED) is 0.464. The van der Waals surface area contributed by atoms with E-state index in [1.165, 1.54) is 11.1 Å². The average molecular weight is 482 g/mol. The first-order valence-corrected chi connectivity index (χ1v) is 12.7. The molecule has 1 unspecified atom stereocenters. The highest BCUT2D eigenvalue weighted by Gasteiger charge is 2.18. The van der Waals surface area contributed by atoms with Gasteiger partial charge in [-0.15, -0.1) is 0 Å². The van der Waals surface area contributed by atoms with Crippen LogP contribution in [0.25, 0.3) is 5.70 Å². The van der Waals surface area contributed by atoms with Crippen molar-refractivity contribution in [3.63, 3.8) is 0 Å². The number of aliphatic imine (C=N–C) groups is 1. The van der Waals surface area contributed by atoms with Gasteiger partial charge in [0.05, 0.1) is 6.04 Å². The number of anilines is 2. The van der Waals surface area contributed by atoms with Crippen LogP contribution >= 0.6 is 0 Å². The third-order valence-corrected chi connectivity index (χ3v) is 6.81. The van der Waals surface area contributed by atoms with E-state index in [0.717, 1.165) is 74.3 Å². The van der Waals surface area contributed by atoms with Crippen molar-refractivity contribution in [2.75, 3.05) is 50.4 Å². The van der Waals surface area contributed by atoms with Gasteiger partial charge in [0.1, 0.15) is 0 Å². The number of pyridine rings is 1. The third kappa shape index (κ3) is 6.30. The van der Waals surface area contributed by atoms with Gasteiger partial charge in [0, 0.05) is 68.7 Å². The number of aromatic nitrogens is 1. The first kappa shape index (κ1) is 24.0. The minimum absolute atomic E-state index is 0.207. The predicted molar refractivity (Wildman–Crippen MR) is 149 cm³/mol. The average Bonchev–Trinajstić information content (AvgIpc) is 2.91. The van der Waals surface area contributed by atoms with Crippen LogP contribution in [0.15, 0.2) is 84.6 Å². The molecule has 0 spiro atoms. The summed E-state index contributed by atoms with van der Waals surface area (Å²) >= 11 is 0. The van der Waals surface area contributed by atoms with Crippen LogP contribution < -0.4 is 16.0 Å². The molecule has 36 heavy (non-hydrogen) atoms. The summed E-state index contributed by atoms with van der Waals surface area (Å²) in [7, 11) is 2.19. The molecule has 2 aliphatic heterocycles. The van der Waals surface area contributed by atoms with Crippen LogP contribution in [0, 0.1) is 0 Å². The first-order valence-electron chi connectivity index (χ1n) is 12.7. The number of guanidine groups is 1. The van der Waals surface area contributed by atoms with Crippen molar-refractivity contribution in [1.82, 2.24) is 20.1 Å². The molecule has 1 saturated heterocycles. The topological polar surface area (TPSA) is 67.8 Å². The molecule has 5 rings (SSSR count). The highest BCUT2D eigenvalue weighted by molar-refractivity contribution is 5.95. The van der Waals surface area contributed by atoms with Crippen LogP contribution in [0.4, 0.5) is 11.4 Å². The minimum atomic E-state index is 0.207. The molecule has 2 aromatic carbocycles. The molecular formula is C29H35N7. The lowest BCUT2D eigenvalue weighted by atomic mass is 10.1. The molecule has 7 heteroatoms. The van der Waals surface area contributed by atoms with Crippen molar-refractivity contribution in [3.05, 3.63) is 96.3 Å². The monoisotopic (exact) mass is 481 g/mol. The van der Waals surface area contributed by atoms with E-state index in [-0.39, 0.29) is 6.04 Å². The fourth-order valence-electron chi connectivity index (χ4n) is 4.63. The molecule has 7 nitrogen and oxygen atoms in total. The van der Waals surface area contributed by atoms with E-state index >= 15 is 0 Å². The van der Waals surface area contributed by atoms with Gasteiger partial charge in [-0.05, 0) is 54.4 Å². The smallest absolute Gasteiger partial charge is 0.196 e. The van der Waals surface area contributed by atoms with Crippen LogP contribution in [0.1, 0.15) is 29.2 Å². The Labute approximate surface area is 214 Å². The van der Waals surface area contributed by atoms with Crippen molar-refractivity contribution in [1.29, 1.82) is 0 Å². The van der Waals surface area contributed by atoms with E-state index < -0.39 is 0 Å². The zero-order valence-corrected chi connectivity index (χ0v) is 21.0. The van der Waals surface area contributed by atoms with E-state index in [1.54, 1.807) is 6.20 Å². The maximum absolute atomic E-state index is 4.62. The number of nitrogens with one attached hydrogen (secondary N) is 3. The lowest BCUT2D eigenvalue weighted by molar-refractivity contribution is 0.148. The highest BCUT2D eigenvalue weighted by atomic mass is 15.2. The third-order valence-electron chi connectivity index (χ3n) is 6.81. The zero-order chi connectivity index (χ0) is 24.7. The van der Waals surface area contributed by atoms with Crippen LogP contribution in [0.5, 0.6) is 0 Å². The van der Waals surface area contributed by atoms with E-state index in [1.807, 2.05) is 30.5 Å². The molecule has 2 aliphatic rings. The number of hydrogen-bond acceptors (Lipinski definition) is 7. The summed E-state index contributed by atoms with van der Waals surface area (Å²) in [4.78, 5) is 13.8. The Balaban J connectivity index is 1.16. The SMILES string of the molecule is C=C(Nc1cccc(NC2=NCCC(c3cccnc3)N2)c1)c1ccc(CN2CCN(C)CC2)cc1. The van der Waals surface area contributed by atoms with Crippen molar-refractivity contribution < 1.29 is 0 Å². The zero-order valence-electron chi connectivity index (χ0n) is 21.0. The molecule has 1 aromatic heterocycles. The van der Waals surface area contributed by atoms with E-state index in [2.05, 4.69) is 85.8 Å². The molecule has 0 saturated carbocycles. The van der Waals surface area contributed by atoms with Crippen molar-refractivity contribution in [2.45, 2.75) is 19.0 Å². The van der Waals surface area contributed by atoms with E-state index in [9.17, 15) is 0 Å². The summed E-state index contributed by atoms with van der Waals surface area (Å²) < 4.78 is 0. The van der Waals surface area contributed by atoms with Gasteiger partial charge in [-0.2, -0.15) is 0 Å². The molecule has 3 aromatic rings. The summed E-state index contributed by atoms with van der Waals surface area (Å²) in [5.41, 5.74) is 6.43. The Morgan fingerprint density at radius 3 is 2.61 bits per heavy atom. The fourth-order valence-corrected chi connectivity index (χ4v) is 4.63. The van der Waals surface area contributed by atoms with Gasteiger partial charge in [0.15, 0.2) is 5.96 Å². The Bertz CT molecular complexity index is 1180. The van der Waals surface area contributed by atoms with Gasteiger partial charge < -0.3 is 20.9 Å². The number of piperazine rings is 1. The Hall–Kier alpha value is -3.68. The Kier molecular flexibility index (Phi) is 7.59. The lowest BCUT2D eigenvalue weighted by Gasteiger charge is -2.32. The molecular weight excluding hydrogens is 446 g/mol. The van der Waals surface area contributed by atoms with Gasteiger partial charge in [0.25, 0.3) is 0 Å². The standard InChI is InChI=1S/C29H35N7/c1-22(24-10-8-23(9-11-24)21-36-17-15-35(2)16-18-36)32-26-6-3-7-27(19-26)33-29-31-14-12-28(34-29)25-5-4-13-30-20-25/h3-11,13,19-20,28,32H,1,12,14-18,21H2,2H3,(H2,31,33,34). The fraction of sp³-hybridized carbons (Fsp3) is 0.310. The molecule has 3 heterocycles. The van der Waals surface area contributed by atoms with Crippen molar-refractivity contribution in [3.8, 4) is 0 Å². The molecule has 1 atom stereocenters. The van der Waals surface area contributed by atoms with Gasteiger partial charge in [-0.3, -0.25) is 14.9 Å². The Morgan fingerprint density at radius 1 is 1.03 bits per heavy atom. The number of rotatable bonds is 7. The van der Waals surface area contributed by atoms with Gasteiger partial charge in [0.2, 0.25) is 0 Å². The van der Waals surface area contributed by atoms with Crippen molar-refractivity contribution in [2.24, 2.45) is 4.99 Å². The molecule has 0 aliphatic carbocycles. The molecule has 0 amide bonds. The van der Waals surface area contributed by atoms with Crippen molar-refractivity contribution >= 4 is 23.0 Å². The minimum Gasteiger partial charge on any atom is -0.355 e. The maximum atomic E-state index is 4.62. The molecule has 3 N–H and O–H groups in total. The summed E-state index contributed by atoms with van der Waals surface area (Å²) in [6.07, 6.45) is 4.66. The van der Waals surface area contributed by atoms with Crippen LogP contribution in [-0.4, -0.2) is 60.5 Å². The first-order chi connectivity index (χ1) is 17.6. The number of nitrogens with zero attached hydrogens (tertiary/aromatic N) is 4. The van der Waals surface area contributed by atoms with Gasteiger partial charge >= 0.3 is 0 Å². The largest absolute Gasteiger partial charge is 0.355 e. The van der Waals surface area contributed by atoms with Gasteiger partial charge in [-0.1, -0.05) is 43.0 Å². The second-order valence-electron chi connectivity index (χ2n) is 9.59. The second-order valence-corrected chi connectivity index (χ2v) is 9.59. The maximum Gasteiger partial charge on any atom is 0.196 e. The lowest BCUT2D eigenvalue weighted by Crippen LogP contribution is -2.43. The summed E-state index contributed by atoms with van der Waals surface area (Å²) in [6.45, 7) is 10.6. The van der Waals surface area contributed by atoms with E-state index in [4.69, 9.17) is 0 Å². The van der Waals surface area contributed by atoms with Crippen LogP contribution in [0.2, 0.25) is 0 Å². The number of likely N-dealkylation sites (N-methyl/N-ethyl adjacent to an activating group) is 1. The predicted octanol–water partition coefficient (Wildman–Crippen LogP) is 4.41. The van der Waals surface area contributed by atoms with Gasteiger partial charge in [-0.25, -0.2) is 0 Å². The van der Waals surface area contributed by atoms with Crippen LogP contribution in [-0.2, 0) is 6.54 Å². The highest BCUT2D eigenvalue weighted by Crippen LogP contribution is 2.23. The molecule has 0 radical (unpaired) electrons. The summed E-state index contributed by atoms with van der Waals surface area (Å²) in [5.74, 6) is 0.780. The normalized spacial score (nSPS) is 18.7. The summed E-state index contributed by atoms with van der Waals surface area (Å²) in [5, 5.41) is 10.4. The van der Waals surface area contributed by atoms with Crippen LogP contribution in [0.3, 0.4) is 0 Å². The Morgan fingerprint density at radius 2 is 1.83 bits per heavy atom. The number of hydrogen-bond donors (Lipinski definition) is 3. The number of benzene rings is 2. The summed E-state index contributed by atoms with van der Waals surface area (Å²) in [6, 6.07) is 21.2. The molecule has 1 fully saturated rings. The molecule has 186 valence electrons. The second kappa shape index (κ2) is 11.4. The van der Waals surface area contributed by atoms with E-state index in [0.29, 0.717) is 0 Å². The molecule has 0 bridgehead atoms.